The molecule has 0 radical (unpaired) electrons. The summed E-state index contributed by atoms with van der Waals surface area (Å²) < 4.78 is 5.38. The van der Waals surface area contributed by atoms with Gasteiger partial charge in [-0.25, -0.2) is 0 Å². The third kappa shape index (κ3) is 3.77. The van der Waals surface area contributed by atoms with E-state index >= 15 is 0 Å². The minimum Gasteiger partial charge on any atom is -0.497 e. The lowest BCUT2D eigenvalue weighted by Gasteiger charge is -2.35. The van der Waals surface area contributed by atoms with E-state index in [0.29, 0.717) is 28.4 Å². The van der Waals surface area contributed by atoms with Crippen molar-refractivity contribution < 1.29 is 19.4 Å². The van der Waals surface area contributed by atoms with Crippen LogP contribution >= 0.6 is 11.6 Å². The summed E-state index contributed by atoms with van der Waals surface area (Å²) in [5, 5.41) is 11.0. The van der Waals surface area contributed by atoms with Crippen molar-refractivity contribution >= 4 is 23.5 Å². The van der Waals surface area contributed by atoms with Gasteiger partial charge in [-0.05, 0) is 41.0 Å². The number of hydrogen-bond acceptors (Lipinski definition) is 3. The quantitative estimate of drug-likeness (QED) is 0.601. The Morgan fingerprint density at radius 3 is 2.45 bits per heavy atom. The molecule has 5 nitrogen and oxygen atoms in total. The monoisotopic (exact) mass is 435 g/mol. The Hall–Kier alpha value is -3.31. The van der Waals surface area contributed by atoms with Crippen molar-refractivity contribution in [2.45, 2.75) is 24.4 Å². The highest BCUT2D eigenvalue weighted by molar-refractivity contribution is 6.30. The van der Waals surface area contributed by atoms with Crippen LogP contribution in [0.5, 0.6) is 5.75 Å². The van der Waals surface area contributed by atoms with Crippen molar-refractivity contribution in [3.63, 3.8) is 0 Å². The number of carbonyl (C=O) groups excluding carboxylic acids is 1. The Labute approximate surface area is 185 Å². The number of ether oxygens (including phenoxy) is 1. The van der Waals surface area contributed by atoms with Gasteiger partial charge in [0.05, 0.1) is 13.2 Å². The van der Waals surface area contributed by atoms with Crippen LogP contribution in [0.2, 0.25) is 5.02 Å². The van der Waals surface area contributed by atoms with Crippen LogP contribution in [-0.2, 0) is 21.5 Å². The molecule has 158 valence electrons. The third-order valence-corrected chi connectivity index (χ3v) is 6.13. The van der Waals surface area contributed by atoms with E-state index in [1.807, 2.05) is 42.5 Å². The lowest BCUT2D eigenvalue weighted by atomic mass is 9.71. The molecule has 1 aliphatic heterocycles. The number of benzene rings is 3. The number of carbonyl (C=O) groups is 2. The van der Waals surface area contributed by atoms with Crippen LogP contribution in [-0.4, -0.2) is 29.0 Å². The average Bonchev–Trinajstić information content (AvgIpc) is 3.08. The summed E-state index contributed by atoms with van der Waals surface area (Å²) in [6.45, 7) is 0.310. The summed E-state index contributed by atoms with van der Waals surface area (Å²) in [6, 6.07) is 22.8. The SMILES string of the molecule is COc1cccc(C2N(Cc3ccccc3)C(=O)CC2(C(=O)O)c2ccc(Cl)cc2)c1. The molecule has 4 rings (SSSR count). The molecule has 1 saturated heterocycles. The second kappa shape index (κ2) is 8.44. The van der Waals surface area contributed by atoms with Crippen LogP contribution in [0, 0.1) is 0 Å². The molecule has 0 aliphatic carbocycles. The lowest BCUT2D eigenvalue weighted by molar-refractivity contribution is -0.145. The largest absolute Gasteiger partial charge is 0.497 e. The Bertz CT molecular complexity index is 1100. The Kier molecular flexibility index (Phi) is 5.70. The number of carboxylic acid groups (broad SMARTS) is 1. The predicted molar refractivity (Wildman–Crippen MR) is 118 cm³/mol. The van der Waals surface area contributed by atoms with Gasteiger partial charge in [-0.1, -0.05) is 66.2 Å². The van der Waals surface area contributed by atoms with Crippen LogP contribution in [0.25, 0.3) is 0 Å². The zero-order chi connectivity index (χ0) is 22.0. The number of likely N-dealkylation sites (tertiary alicyclic amines) is 1. The maximum absolute atomic E-state index is 13.3. The van der Waals surface area contributed by atoms with Crippen LogP contribution in [0.15, 0.2) is 78.9 Å². The maximum atomic E-state index is 13.3. The number of carboxylic acids is 1. The van der Waals surface area contributed by atoms with Gasteiger partial charge < -0.3 is 14.7 Å². The molecule has 1 heterocycles. The summed E-state index contributed by atoms with van der Waals surface area (Å²) in [4.78, 5) is 27.8. The molecule has 1 fully saturated rings. The van der Waals surface area contributed by atoms with Crippen molar-refractivity contribution in [2.24, 2.45) is 0 Å². The van der Waals surface area contributed by atoms with E-state index in [1.165, 1.54) is 0 Å². The highest BCUT2D eigenvalue weighted by atomic mass is 35.5. The molecule has 0 aromatic heterocycles. The van der Waals surface area contributed by atoms with Gasteiger partial charge in [-0.3, -0.25) is 9.59 Å². The van der Waals surface area contributed by atoms with Crippen LogP contribution in [0.4, 0.5) is 0 Å². The molecular formula is C25H22ClNO4. The smallest absolute Gasteiger partial charge is 0.317 e. The summed E-state index contributed by atoms with van der Waals surface area (Å²) in [7, 11) is 1.56. The van der Waals surface area contributed by atoms with Gasteiger partial charge in [0.15, 0.2) is 0 Å². The van der Waals surface area contributed by atoms with E-state index in [4.69, 9.17) is 16.3 Å². The van der Waals surface area contributed by atoms with Crippen LogP contribution < -0.4 is 4.74 Å². The van der Waals surface area contributed by atoms with Crippen molar-refractivity contribution in [2.75, 3.05) is 7.11 Å². The van der Waals surface area contributed by atoms with Crippen LogP contribution in [0.1, 0.15) is 29.2 Å². The zero-order valence-corrected chi connectivity index (χ0v) is 17.8. The first-order valence-electron chi connectivity index (χ1n) is 9.92. The lowest BCUT2D eigenvalue weighted by Crippen LogP contribution is -2.42. The molecule has 3 aromatic rings. The molecule has 0 saturated carbocycles. The van der Waals surface area contributed by atoms with Gasteiger partial charge in [0.25, 0.3) is 0 Å². The molecule has 1 N–H and O–H groups in total. The van der Waals surface area contributed by atoms with E-state index in [9.17, 15) is 14.7 Å². The standard InChI is InChI=1S/C25H22ClNO4/c1-31-21-9-5-8-18(14-21)23-25(24(29)30,19-10-12-20(26)13-11-19)15-22(28)27(23)16-17-6-3-2-4-7-17/h2-14,23H,15-16H2,1H3,(H,29,30). The topological polar surface area (TPSA) is 66.8 Å². The molecule has 6 heteroatoms. The first-order chi connectivity index (χ1) is 15.0. The number of aliphatic carboxylic acids is 1. The van der Waals surface area contributed by atoms with Gasteiger partial charge in [-0.2, -0.15) is 0 Å². The van der Waals surface area contributed by atoms with E-state index < -0.39 is 17.4 Å². The molecule has 0 spiro atoms. The van der Waals surface area contributed by atoms with Crippen molar-refractivity contribution in [3.8, 4) is 5.75 Å². The van der Waals surface area contributed by atoms with Crippen LogP contribution in [0.3, 0.4) is 0 Å². The molecule has 31 heavy (non-hydrogen) atoms. The average molecular weight is 436 g/mol. The Morgan fingerprint density at radius 2 is 1.81 bits per heavy atom. The number of hydrogen-bond donors (Lipinski definition) is 1. The summed E-state index contributed by atoms with van der Waals surface area (Å²) in [6.07, 6.45) is -0.140. The zero-order valence-electron chi connectivity index (χ0n) is 17.0. The fraction of sp³-hybridized carbons (Fsp3) is 0.200. The van der Waals surface area contributed by atoms with Crippen molar-refractivity contribution in [3.05, 3.63) is 101 Å². The maximum Gasteiger partial charge on any atom is 0.317 e. The van der Waals surface area contributed by atoms with Gasteiger partial charge in [0, 0.05) is 18.0 Å². The molecule has 2 unspecified atom stereocenters. The first-order valence-corrected chi connectivity index (χ1v) is 10.3. The number of halogens is 1. The summed E-state index contributed by atoms with van der Waals surface area (Å²) in [5.74, 6) is -0.660. The fourth-order valence-corrected chi connectivity index (χ4v) is 4.53. The number of nitrogens with zero attached hydrogens (tertiary/aromatic N) is 1. The van der Waals surface area contributed by atoms with Gasteiger partial charge in [0.2, 0.25) is 5.91 Å². The third-order valence-electron chi connectivity index (χ3n) is 5.88. The first kappa shape index (κ1) is 20.9. The van der Waals surface area contributed by atoms with Crippen molar-refractivity contribution in [1.29, 1.82) is 0 Å². The normalized spacial score (nSPS) is 20.6. The van der Waals surface area contributed by atoms with E-state index in [2.05, 4.69) is 0 Å². The minimum atomic E-state index is -1.46. The van der Waals surface area contributed by atoms with E-state index in [1.54, 1.807) is 48.4 Å². The minimum absolute atomic E-state index is 0.140. The number of amides is 1. The fourth-order valence-electron chi connectivity index (χ4n) is 4.41. The van der Waals surface area contributed by atoms with Crippen molar-refractivity contribution in [1.82, 2.24) is 4.90 Å². The summed E-state index contributed by atoms with van der Waals surface area (Å²) in [5.41, 5.74) is 0.726. The second-order valence-corrected chi connectivity index (χ2v) is 8.08. The van der Waals surface area contributed by atoms with E-state index in [-0.39, 0.29) is 12.3 Å². The number of rotatable bonds is 6. The highest BCUT2D eigenvalue weighted by Crippen LogP contribution is 2.51. The molecule has 2 atom stereocenters. The predicted octanol–water partition coefficient (Wildman–Crippen LogP) is 4.84. The van der Waals surface area contributed by atoms with Gasteiger partial charge in [0.1, 0.15) is 11.2 Å². The molecule has 1 aliphatic rings. The molecule has 0 bridgehead atoms. The van der Waals surface area contributed by atoms with Gasteiger partial charge >= 0.3 is 5.97 Å². The molecule has 3 aromatic carbocycles. The number of methoxy groups -OCH3 is 1. The molecular weight excluding hydrogens is 414 g/mol. The Balaban J connectivity index is 1.91. The van der Waals surface area contributed by atoms with Gasteiger partial charge in [-0.15, -0.1) is 0 Å². The van der Waals surface area contributed by atoms with E-state index in [0.717, 1.165) is 5.56 Å². The Morgan fingerprint density at radius 1 is 1.10 bits per heavy atom. The second-order valence-electron chi connectivity index (χ2n) is 7.65. The molecule has 1 amide bonds. The highest BCUT2D eigenvalue weighted by Gasteiger charge is 2.58. The summed E-state index contributed by atoms with van der Waals surface area (Å²) >= 11 is 6.06.